The van der Waals surface area contributed by atoms with Crippen LogP contribution in [0.5, 0.6) is 0 Å². The van der Waals surface area contributed by atoms with Crippen molar-refractivity contribution in [1.82, 2.24) is 5.32 Å². The Hall–Kier alpha value is -1.06. The summed E-state index contributed by atoms with van der Waals surface area (Å²) in [6.07, 6.45) is 3.51. The number of nitrogens with two attached hydrogens (primary N) is 1. The quantitative estimate of drug-likeness (QED) is 0.612. The van der Waals surface area contributed by atoms with Gasteiger partial charge in [-0.3, -0.25) is 0 Å². The van der Waals surface area contributed by atoms with Crippen LogP contribution in [0.2, 0.25) is 0 Å². The minimum Gasteiger partial charge on any atom is -0.399 e. The van der Waals surface area contributed by atoms with Crippen molar-refractivity contribution in [2.24, 2.45) is 0 Å². The fraction of sp³-hybridized carbons (Fsp3) is 0.625. The Morgan fingerprint density at radius 1 is 1.37 bits per heavy atom. The average Bonchev–Trinajstić information content (AvgIpc) is 2.83. The largest absolute Gasteiger partial charge is 0.399 e. The molecule has 2 unspecified atom stereocenters. The third-order valence-electron chi connectivity index (χ3n) is 4.06. The maximum atomic E-state index is 5.77. The average molecular weight is 262 g/mol. The van der Waals surface area contributed by atoms with Crippen molar-refractivity contribution in [2.45, 2.75) is 44.6 Å². The first kappa shape index (κ1) is 14.4. The van der Waals surface area contributed by atoms with Crippen molar-refractivity contribution in [1.29, 1.82) is 0 Å². The Bertz CT molecular complexity index is 382. The van der Waals surface area contributed by atoms with Gasteiger partial charge in [0.15, 0.2) is 0 Å². The van der Waals surface area contributed by atoms with Gasteiger partial charge in [-0.1, -0.05) is 19.1 Å². The maximum Gasteiger partial charge on any atom is 0.0779 e. The van der Waals surface area contributed by atoms with Crippen LogP contribution in [0.3, 0.4) is 0 Å². The first-order valence-corrected chi connectivity index (χ1v) is 7.29. The van der Waals surface area contributed by atoms with Crippen LogP contribution in [0.4, 0.5) is 5.69 Å². The molecule has 1 aliphatic heterocycles. The molecule has 3 N–H and O–H groups in total. The molecule has 0 bridgehead atoms. The fourth-order valence-corrected chi connectivity index (χ4v) is 2.64. The zero-order valence-electron chi connectivity index (χ0n) is 12.1. The Labute approximate surface area is 116 Å². The highest BCUT2D eigenvalue weighted by atomic mass is 16.5. The van der Waals surface area contributed by atoms with E-state index >= 15 is 0 Å². The van der Waals surface area contributed by atoms with Gasteiger partial charge in [0.25, 0.3) is 0 Å². The summed E-state index contributed by atoms with van der Waals surface area (Å²) >= 11 is 0. The second-order valence-corrected chi connectivity index (χ2v) is 5.94. The highest BCUT2D eigenvalue weighted by Gasteiger charge is 2.28. The Morgan fingerprint density at radius 3 is 2.74 bits per heavy atom. The zero-order chi connectivity index (χ0) is 13.7. The number of rotatable bonds is 6. The number of benzene rings is 1. The van der Waals surface area contributed by atoms with E-state index in [9.17, 15) is 0 Å². The molecule has 0 aromatic heterocycles. The normalized spacial score (nSPS) is 24.5. The van der Waals surface area contributed by atoms with Gasteiger partial charge in [-0.25, -0.2) is 0 Å². The second kappa shape index (κ2) is 6.40. The summed E-state index contributed by atoms with van der Waals surface area (Å²) in [6, 6.07) is 8.21. The van der Waals surface area contributed by atoms with E-state index in [4.69, 9.17) is 10.5 Å². The van der Waals surface area contributed by atoms with Crippen LogP contribution in [0.15, 0.2) is 24.3 Å². The molecule has 0 radical (unpaired) electrons. The van der Waals surface area contributed by atoms with Crippen LogP contribution >= 0.6 is 0 Å². The minimum atomic E-state index is 0.0600. The SMILES string of the molecule is CC(CCNCC1(C)CCCO1)c1ccc(N)cc1. The van der Waals surface area contributed by atoms with E-state index in [1.165, 1.54) is 18.4 Å². The molecular formula is C16H26N2O. The van der Waals surface area contributed by atoms with E-state index in [1.54, 1.807) is 0 Å². The maximum absolute atomic E-state index is 5.77. The molecule has 1 heterocycles. The van der Waals surface area contributed by atoms with Gasteiger partial charge in [0.2, 0.25) is 0 Å². The number of nitrogens with one attached hydrogen (secondary N) is 1. The van der Waals surface area contributed by atoms with Gasteiger partial charge in [0.05, 0.1) is 5.60 Å². The summed E-state index contributed by atoms with van der Waals surface area (Å²) < 4.78 is 5.77. The van der Waals surface area contributed by atoms with E-state index < -0.39 is 0 Å². The van der Waals surface area contributed by atoms with Crippen molar-refractivity contribution in [3.05, 3.63) is 29.8 Å². The smallest absolute Gasteiger partial charge is 0.0779 e. The third kappa shape index (κ3) is 4.22. The number of hydrogen-bond acceptors (Lipinski definition) is 3. The van der Waals surface area contributed by atoms with Crippen LogP contribution in [-0.2, 0) is 4.74 Å². The summed E-state index contributed by atoms with van der Waals surface area (Å²) in [4.78, 5) is 0. The molecule has 1 aliphatic rings. The monoisotopic (exact) mass is 262 g/mol. The standard InChI is InChI=1S/C16H26N2O/c1-13(14-4-6-15(17)7-5-14)8-10-18-12-16(2)9-3-11-19-16/h4-7,13,18H,3,8-12,17H2,1-2H3. The molecule has 3 nitrogen and oxygen atoms in total. The van der Waals surface area contributed by atoms with Gasteiger partial charge >= 0.3 is 0 Å². The van der Waals surface area contributed by atoms with Crippen molar-refractivity contribution in [3.8, 4) is 0 Å². The zero-order valence-corrected chi connectivity index (χ0v) is 12.1. The predicted octanol–water partition coefficient (Wildman–Crippen LogP) is 2.92. The second-order valence-electron chi connectivity index (χ2n) is 5.94. The van der Waals surface area contributed by atoms with Gasteiger partial charge in [-0.05, 0) is 56.3 Å². The number of nitrogen functional groups attached to an aromatic ring is 1. The predicted molar refractivity (Wildman–Crippen MR) is 80.3 cm³/mol. The molecule has 2 atom stereocenters. The highest BCUT2D eigenvalue weighted by Crippen LogP contribution is 2.24. The van der Waals surface area contributed by atoms with Crippen molar-refractivity contribution >= 4 is 5.69 Å². The van der Waals surface area contributed by atoms with E-state index in [2.05, 4.69) is 31.3 Å². The van der Waals surface area contributed by atoms with Gasteiger partial charge in [0, 0.05) is 18.8 Å². The van der Waals surface area contributed by atoms with E-state index in [1.807, 2.05) is 12.1 Å². The highest BCUT2D eigenvalue weighted by molar-refractivity contribution is 5.40. The lowest BCUT2D eigenvalue weighted by Gasteiger charge is -2.24. The third-order valence-corrected chi connectivity index (χ3v) is 4.06. The summed E-state index contributed by atoms with van der Waals surface area (Å²) in [5.74, 6) is 0.561. The molecular weight excluding hydrogens is 236 g/mol. The van der Waals surface area contributed by atoms with Crippen LogP contribution in [0, 0.1) is 0 Å². The van der Waals surface area contributed by atoms with E-state index in [0.717, 1.165) is 31.8 Å². The minimum absolute atomic E-state index is 0.0600. The Balaban J connectivity index is 1.69. The first-order valence-electron chi connectivity index (χ1n) is 7.29. The number of anilines is 1. The fourth-order valence-electron chi connectivity index (χ4n) is 2.64. The topological polar surface area (TPSA) is 47.3 Å². The van der Waals surface area contributed by atoms with Crippen LogP contribution < -0.4 is 11.1 Å². The number of hydrogen-bond donors (Lipinski definition) is 2. The van der Waals surface area contributed by atoms with Gasteiger partial charge in [-0.2, -0.15) is 0 Å². The van der Waals surface area contributed by atoms with Crippen molar-refractivity contribution < 1.29 is 4.74 Å². The lowest BCUT2D eigenvalue weighted by Crippen LogP contribution is -2.37. The molecule has 1 saturated heterocycles. The molecule has 3 heteroatoms. The van der Waals surface area contributed by atoms with Gasteiger partial charge < -0.3 is 15.8 Å². The molecule has 2 rings (SSSR count). The molecule has 0 saturated carbocycles. The summed E-state index contributed by atoms with van der Waals surface area (Å²) in [5, 5.41) is 3.53. The van der Waals surface area contributed by atoms with E-state index in [0.29, 0.717) is 5.92 Å². The molecule has 0 amide bonds. The van der Waals surface area contributed by atoms with Crippen LogP contribution in [0.1, 0.15) is 44.6 Å². The lowest BCUT2D eigenvalue weighted by atomic mass is 9.97. The molecule has 0 spiro atoms. The Kier molecular flexibility index (Phi) is 4.83. The summed E-state index contributed by atoms with van der Waals surface area (Å²) in [5.41, 5.74) is 7.96. The molecule has 1 aromatic rings. The van der Waals surface area contributed by atoms with Crippen molar-refractivity contribution in [3.63, 3.8) is 0 Å². The molecule has 0 aliphatic carbocycles. The lowest BCUT2D eigenvalue weighted by molar-refractivity contribution is 0.0209. The van der Waals surface area contributed by atoms with Gasteiger partial charge in [0.1, 0.15) is 0 Å². The van der Waals surface area contributed by atoms with Crippen LogP contribution in [-0.4, -0.2) is 25.3 Å². The number of ether oxygens (including phenoxy) is 1. The van der Waals surface area contributed by atoms with Crippen LogP contribution in [0.25, 0.3) is 0 Å². The molecule has 1 fully saturated rings. The Morgan fingerprint density at radius 2 is 2.11 bits per heavy atom. The van der Waals surface area contributed by atoms with Gasteiger partial charge in [-0.15, -0.1) is 0 Å². The molecule has 1 aromatic carbocycles. The molecule has 106 valence electrons. The van der Waals surface area contributed by atoms with Crippen molar-refractivity contribution in [2.75, 3.05) is 25.4 Å². The first-order chi connectivity index (χ1) is 9.09. The van der Waals surface area contributed by atoms with E-state index in [-0.39, 0.29) is 5.60 Å². The summed E-state index contributed by atoms with van der Waals surface area (Å²) in [6.45, 7) is 7.38. The summed E-state index contributed by atoms with van der Waals surface area (Å²) in [7, 11) is 0. The molecule has 19 heavy (non-hydrogen) atoms.